The lowest BCUT2D eigenvalue weighted by atomic mass is 9.92. The number of aromatic amines is 1. The van der Waals surface area contributed by atoms with Crippen LogP contribution in [0, 0.1) is 5.82 Å². The largest absolute Gasteiger partial charge is 0.439 e. The van der Waals surface area contributed by atoms with Crippen LogP contribution in [0.2, 0.25) is 0 Å². The molecule has 5 aromatic rings. The van der Waals surface area contributed by atoms with Crippen LogP contribution >= 0.6 is 0 Å². The molecule has 11 heteroatoms. The maximum Gasteiger partial charge on any atom is 0.439 e. The monoisotopic (exact) mass is 629 g/mol. The number of unbranched alkanes of at least 4 members (excludes halogenated alkanes) is 1. The van der Waals surface area contributed by atoms with Gasteiger partial charge in [-0.1, -0.05) is 54.9 Å². The van der Waals surface area contributed by atoms with E-state index in [1.54, 1.807) is 50.4 Å². The Hall–Kier alpha value is -4.35. The van der Waals surface area contributed by atoms with Crippen molar-refractivity contribution in [3.05, 3.63) is 98.3 Å². The smallest absolute Gasteiger partial charge is 0.388 e. The normalized spacial score (nSPS) is 17.2. The fourth-order valence-electron chi connectivity index (χ4n) is 6.47. The zero-order valence-corrected chi connectivity index (χ0v) is 26.5. The fourth-order valence-corrected chi connectivity index (χ4v) is 6.47. The van der Waals surface area contributed by atoms with E-state index in [1.165, 1.54) is 6.07 Å². The van der Waals surface area contributed by atoms with Crippen LogP contribution in [0.15, 0.2) is 68.8 Å². The Labute approximate surface area is 265 Å². The average molecular weight is 630 g/mol. The van der Waals surface area contributed by atoms with Crippen molar-refractivity contribution < 1.29 is 18.8 Å². The fraction of sp³-hybridized carbons (Fsp3) is 0.429. The van der Waals surface area contributed by atoms with Crippen molar-refractivity contribution in [2.75, 3.05) is 6.61 Å². The van der Waals surface area contributed by atoms with Crippen molar-refractivity contribution in [1.29, 1.82) is 0 Å². The standard InChI is InChI=1S/C35H40FN5O5/c1-4-5-10-30-28(19-22-11-16-26(29(36)20-22)25-8-6-7-9-27(25)32-38-34(43)46-39-32)33(42)40(31-17-18-37-41(30)31)23-12-14-24(15-13-23)45-21-35(2,3)44/h6-9,11,16-18,20,23-24,44H,4-5,10,12-15,19,21H2,1-3H3,(H,38,39,43). The number of fused-ring (bicyclic) bond motifs is 1. The molecule has 46 heavy (non-hydrogen) atoms. The number of hydrogen-bond donors (Lipinski definition) is 2. The van der Waals surface area contributed by atoms with Crippen LogP contribution in [-0.2, 0) is 17.6 Å². The summed E-state index contributed by atoms with van der Waals surface area (Å²) in [7, 11) is 0. The van der Waals surface area contributed by atoms with Crippen molar-refractivity contribution >= 4 is 5.65 Å². The number of aliphatic hydroxyl groups is 1. The van der Waals surface area contributed by atoms with E-state index in [0.717, 1.165) is 49.9 Å². The van der Waals surface area contributed by atoms with Crippen molar-refractivity contribution in [1.82, 2.24) is 24.3 Å². The zero-order valence-electron chi connectivity index (χ0n) is 26.5. The molecule has 242 valence electrons. The highest BCUT2D eigenvalue weighted by Gasteiger charge is 2.29. The predicted octanol–water partition coefficient (Wildman–Crippen LogP) is 5.85. The van der Waals surface area contributed by atoms with Gasteiger partial charge in [-0.3, -0.25) is 18.9 Å². The molecule has 10 nitrogen and oxygen atoms in total. The number of benzene rings is 2. The van der Waals surface area contributed by atoms with Crippen LogP contribution in [-0.4, -0.2) is 47.7 Å². The number of aryl methyl sites for hydroxylation is 1. The van der Waals surface area contributed by atoms with Crippen LogP contribution < -0.4 is 11.3 Å². The lowest BCUT2D eigenvalue weighted by molar-refractivity contribution is -0.0654. The van der Waals surface area contributed by atoms with E-state index in [2.05, 4.69) is 26.7 Å². The van der Waals surface area contributed by atoms with Crippen LogP contribution in [0.5, 0.6) is 0 Å². The molecule has 2 aromatic carbocycles. The molecule has 3 heterocycles. The summed E-state index contributed by atoms with van der Waals surface area (Å²) in [6.45, 7) is 5.85. The topological polar surface area (TPSA) is 128 Å². The van der Waals surface area contributed by atoms with E-state index in [0.29, 0.717) is 34.2 Å². The highest BCUT2D eigenvalue weighted by atomic mass is 19.1. The van der Waals surface area contributed by atoms with Crippen LogP contribution in [0.4, 0.5) is 4.39 Å². The molecule has 0 unspecified atom stereocenters. The van der Waals surface area contributed by atoms with Crippen LogP contribution in [0.3, 0.4) is 0 Å². The molecule has 0 aliphatic heterocycles. The molecular weight excluding hydrogens is 589 g/mol. The van der Waals surface area contributed by atoms with Gasteiger partial charge >= 0.3 is 5.76 Å². The number of aromatic nitrogens is 5. The first-order chi connectivity index (χ1) is 22.1. The number of nitrogens with one attached hydrogen (secondary N) is 1. The van der Waals surface area contributed by atoms with Crippen molar-refractivity contribution in [2.24, 2.45) is 0 Å². The summed E-state index contributed by atoms with van der Waals surface area (Å²) in [5.41, 5.74) is 3.40. The minimum Gasteiger partial charge on any atom is -0.388 e. The third kappa shape index (κ3) is 6.61. The van der Waals surface area contributed by atoms with Gasteiger partial charge in [-0.2, -0.15) is 5.10 Å². The highest BCUT2D eigenvalue weighted by molar-refractivity contribution is 5.80. The third-order valence-corrected chi connectivity index (χ3v) is 8.73. The number of halogens is 1. The van der Waals surface area contributed by atoms with Gasteiger partial charge < -0.3 is 9.84 Å². The quantitative estimate of drug-likeness (QED) is 0.188. The molecule has 1 aliphatic rings. The molecular formula is C35H40FN5O5. The summed E-state index contributed by atoms with van der Waals surface area (Å²) >= 11 is 0. The Balaban J connectivity index is 1.34. The molecule has 0 saturated heterocycles. The zero-order chi connectivity index (χ0) is 32.4. The molecule has 0 radical (unpaired) electrons. The minimum atomic E-state index is -0.890. The van der Waals surface area contributed by atoms with E-state index >= 15 is 4.39 Å². The van der Waals surface area contributed by atoms with Gasteiger partial charge in [0.25, 0.3) is 5.56 Å². The molecule has 3 aromatic heterocycles. The first-order valence-corrected chi connectivity index (χ1v) is 16.0. The summed E-state index contributed by atoms with van der Waals surface area (Å²) in [6.07, 6.45) is 7.68. The number of H-pyrrole nitrogens is 1. The van der Waals surface area contributed by atoms with Gasteiger partial charge in [0, 0.05) is 35.2 Å². The summed E-state index contributed by atoms with van der Waals surface area (Å²) in [6, 6.07) is 14.0. The van der Waals surface area contributed by atoms with Crippen molar-refractivity contribution in [2.45, 2.75) is 89.9 Å². The van der Waals surface area contributed by atoms with Crippen LogP contribution in [0.25, 0.3) is 28.2 Å². The first-order valence-electron chi connectivity index (χ1n) is 16.0. The Kier molecular flexibility index (Phi) is 9.06. The molecule has 0 spiro atoms. The van der Waals surface area contributed by atoms with Crippen molar-refractivity contribution in [3.63, 3.8) is 0 Å². The second kappa shape index (κ2) is 13.2. The first kappa shape index (κ1) is 31.6. The van der Waals surface area contributed by atoms with Gasteiger partial charge in [0.1, 0.15) is 11.5 Å². The predicted molar refractivity (Wildman–Crippen MR) is 172 cm³/mol. The number of hydrogen-bond acceptors (Lipinski definition) is 7. The lowest BCUT2D eigenvalue weighted by Gasteiger charge is -2.32. The molecule has 0 atom stereocenters. The number of nitrogens with zero attached hydrogens (tertiary/aromatic N) is 4. The highest BCUT2D eigenvalue weighted by Crippen LogP contribution is 2.34. The Morgan fingerprint density at radius 3 is 2.50 bits per heavy atom. The Morgan fingerprint density at radius 1 is 1.07 bits per heavy atom. The molecule has 0 amide bonds. The summed E-state index contributed by atoms with van der Waals surface area (Å²) in [5.74, 6) is -0.919. The van der Waals surface area contributed by atoms with E-state index < -0.39 is 17.2 Å². The second-order valence-corrected chi connectivity index (χ2v) is 12.8. The van der Waals surface area contributed by atoms with E-state index in [1.807, 2.05) is 21.2 Å². The van der Waals surface area contributed by atoms with Gasteiger partial charge in [-0.05, 0) is 69.6 Å². The van der Waals surface area contributed by atoms with Crippen molar-refractivity contribution in [3.8, 4) is 22.5 Å². The lowest BCUT2D eigenvalue weighted by Crippen LogP contribution is -2.36. The summed E-state index contributed by atoms with van der Waals surface area (Å²) < 4.78 is 30.3. The molecule has 1 saturated carbocycles. The molecule has 2 N–H and O–H groups in total. The van der Waals surface area contributed by atoms with Gasteiger partial charge in [0.15, 0.2) is 5.82 Å². The third-order valence-electron chi connectivity index (χ3n) is 8.73. The van der Waals surface area contributed by atoms with Gasteiger partial charge in [0.05, 0.1) is 30.2 Å². The van der Waals surface area contributed by atoms with Gasteiger partial charge in [-0.15, -0.1) is 0 Å². The van der Waals surface area contributed by atoms with Gasteiger partial charge in [0.2, 0.25) is 0 Å². The summed E-state index contributed by atoms with van der Waals surface area (Å²) in [4.78, 5) is 28.5. The Bertz CT molecular complexity index is 1940. The van der Waals surface area contributed by atoms with E-state index in [9.17, 15) is 14.7 Å². The number of rotatable bonds is 11. The second-order valence-electron chi connectivity index (χ2n) is 12.8. The van der Waals surface area contributed by atoms with E-state index in [4.69, 9.17) is 4.74 Å². The molecule has 0 bridgehead atoms. The average Bonchev–Trinajstić information content (AvgIpc) is 3.69. The molecule has 1 aliphatic carbocycles. The van der Waals surface area contributed by atoms with Crippen LogP contribution in [0.1, 0.15) is 82.2 Å². The maximum absolute atomic E-state index is 15.8. The van der Waals surface area contributed by atoms with Gasteiger partial charge in [-0.25, -0.2) is 13.7 Å². The number of ether oxygens (including phenoxy) is 1. The maximum atomic E-state index is 15.8. The minimum absolute atomic E-state index is 0.0220. The Morgan fingerprint density at radius 2 is 1.83 bits per heavy atom. The summed E-state index contributed by atoms with van der Waals surface area (Å²) in [5, 5.41) is 18.5. The van der Waals surface area contributed by atoms with E-state index in [-0.39, 0.29) is 36.6 Å². The molecule has 6 rings (SSSR count). The SMILES string of the molecule is CCCCc1c(Cc2ccc(-c3ccccc3-c3noc(=O)[nH]3)c(F)c2)c(=O)n(C2CCC(OCC(C)(C)O)CC2)c2ccnn12. The molecule has 1 fully saturated rings.